The lowest BCUT2D eigenvalue weighted by atomic mass is 9.97. The van der Waals surface area contributed by atoms with Gasteiger partial charge < -0.3 is 14.5 Å². The molecule has 122 valence electrons. The summed E-state index contributed by atoms with van der Waals surface area (Å²) in [6.45, 7) is 2.83. The van der Waals surface area contributed by atoms with Gasteiger partial charge in [-0.2, -0.15) is 0 Å². The monoisotopic (exact) mass is 342 g/mol. The average molecular weight is 343 g/mol. The summed E-state index contributed by atoms with van der Waals surface area (Å²) in [5, 5.41) is 3.32. The van der Waals surface area contributed by atoms with E-state index in [1.807, 2.05) is 31.2 Å². The van der Waals surface area contributed by atoms with Gasteiger partial charge in [0, 0.05) is 0 Å². The molecule has 2 heterocycles. The van der Waals surface area contributed by atoms with E-state index in [0.29, 0.717) is 35.9 Å². The fraction of sp³-hybridized carbons (Fsp3) is 0.222. The molecule has 0 radical (unpaired) electrons. The first kappa shape index (κ1) is 15.0. The number of benzene rings is 2. The highest BCUT2D eigenvalue weighted by Gasteiger charge is 2.22. The lowest BCUT2D eigenvalue weighted by Gasteiger charge is -2.14. The van der Waals surface area contributed by atoms with E-state index in [-0.39, 0.29) is 5.91 Å². The first-order valence-corrected chi connectivity index (χ1v) is 8.06. The van der Waals surface area contributed by atoms with Crippen molar-refractivity contribution in [1.29, 1.82) is 0 Å². The maximum atomic E-state index is 12.2. The van der Waals surface area contributed by atoms with Crippen LogP contribution in [0.3, 0.4) is 0 Å². The average Bonchev–Trinajstić information content (AvgIpc) is 2.96. The van der Waals surface area contributed by atoms with Crippen molar-refractivity contribution >= 4 is 28.6 Å². The summed E-state index contributed by atoms with van der Waals surface area (Å²) in [5.74, 6) is 0.317. The Bertz CT molecular complexity index is 949. The number of oxazole rings is 1. The van der Waals surface area contributed by atoms with E-state index in [4.69, 9.17) is 20.8 Å². The van der Waals surface area contributed by atoms with Crippen LogP contribution in [-0.4, -0.2) is 24.0 Å². The second-order valence-corrected chi connectivity index (χ2v) is 6.16. The number of ether oxygens (including phenoxy) is 1. The molecule has 0 spiro atoms. The molecule has 0 unspecified atom stereocenters. The minimum absolute atomic E-state index is 0.155. The molecule has 1 N–H and O–H groups in total. The summed E-state index contributed by atoms with van der Waals surface area (Å²) in [4.78, 5) is 16.4. The van der Waals surface area contributed by atoms with E-state index < -0.39 is 0 Å². The Kier molecular flexibility index (Phi) is 3.65. The molecule has 1 aromatic heterocycles. The van der Waals surface area contributed by atoms with E-state index >= 15 is 0 Å². The zero-order valence-corrected chi connectivity index (χ0v) is 13.8. The zero-order chi connectivity index (χ0) is 16.7. The van der Waals surface area contributed by atoms with Gasteiger partial charge in [-0.3, -0.25) is 4.79 Å². The molecule has 1 amide bonds. The normalized spacial score (nSPS) is 14.0. The van der Waals surface area contributed by atoms with Gasteiger partial charge in [0.05, 0.1) is 17.1 Å². The largest absolute Gasteiger partial charge is 0.489 e. The Morgan fingerprint density at radius 3 is 3.08 bits per heavy atom. The van der Waals surface area contributed by atoms with Crippen molar-refractivity contribution in [1.82, 2.24) is 10.3 Å². The van der Waals surface area contributed by atoms with Crippen molar-refractivity contribution in [2.45, 2.75) is 13.3 Å². The molecule has 24 heavy (non-hydrogen) atoms. The van der Waals surface area contributed by atoms with E-state index in [1.165, 1.54) is 6.39 Å². The number of carbonyl (C=O) groups is 1. The van der Waals surface area contributed by atoms with Crippen molar-refractivity contribution in [3.8, 4) is 5.75 Å². The number of halogens is 1. The summed E-state index contributed by atoms with van der Waals surface area (Å²) < 4.78 is 10.9. The Morgan fingerprint density at radius 1 is 1.33 bits per heavy atom. The van der Waals surface area contributed by atoms with Gasteiger partial charge in [0.1, 0.15) is 12.1 Å². The highest BCUT2D eigenvalue weighted by molar-refractivity contribution is 6.33. The van der Waals surface area contributed by atoms with Crippen LogP contribution < -0.4 is 10.1 Å². The predicted molar refractivity (Wildman–Crippen MR) is 90.8 cm³/mol. The number of rotatable bonds is 2. The summed E-state index contributed by atoms with van der Waals surface area (Å²) in [7, 11) is 0. The summed E-state index contributed by atoms with van der Waals surface area (Å²) in [5.41, 5.74) is 5.04. The molecule has 0 fully saturated rings. The molecule has 0 atom stereocenters. The van der Waals surface area contributed by atoms with Crippen molar-refractivity contribution in [2.75, 3.05) is 13.2 Å². The van der Waals surface area contributed by atoms with E-state index in [1.54, 1.807) is 0 Å². The second-order valence-electron chi connectivity index (χ2n) is 5.79. The van der Waals surface area contributed by atoms with Crippen LogP contribution in [0.5, 0.6) is 5.75 Å². The number of amides is 1. The number of aromatic nitrogens is 1. The molecule has 3 aromatic rings. The molecule has 0 aliphatic carbocycles. The SMILES string of the molecule is Cc1c(Cc2ccc3ocnc3c2)cc2c(c1Cl)OCCNC2=O. The summed E-state index contributed by atoms with van der Waals surface area (Å²) >= 11 is 6.47. The number of hydrogen-bond donors (Lipinski definition) is 1. The standard InChI is InChI=1S/C18H15ClN2O3/c1-10-12(6-11-2-3-15-14(7-11)21-9-24-15)8-13-17(16(10)19)23-5-4-20-18(13)22/h2-3,7-9H,4-6H2,1H3,(H,20,22). The van der Waals surface area contributed by atoms with Crippen molar-refractivity contribution < 1.29 is 13.9 Å². The van der Waals surface area contributed by atoms with Gasteiger partial charge in [-0.15, -0.1) is 0 Å². The van der Waals surface area contributed by atoms with E-state index in [0.717, 1.165) is 27.8 Å². The molecule has 5 nitrogen and oxygen atoms in total. The number of hydrogen-bond acceptors (Lipinski definition) is 4. The van der Waals surface area contributed by atoms with Crippen molar-refractivity contribution in [3.05, 3.63) is 57.9 Å². The third-order valence-electron chi connectivity index (χ3n) is 4.24. The topological polar surface area (TPSA) is 64.4 Å². The van der Waals surface area contributed by atoms with Crippen LogP contribution in [0.25, 0.3) is 11.1 Å². The number of carbonyl (C=O) groups excluding carboxylic acids is 1. The quantitative estimate of drug-likeness (QED) is 0.774. The number of nitrogens with one attached hydrogen (secondary N) is 1. The molecule has 0 saturated heterocycles. The van der Waals surface area contributed by atoms with Crippen LogP contribution in [0.15, 0.2) is 35.1 Å². The zero-order valence-electron chi connectivity index (χ0n) is 13.1. The summed E-state index contributed by atoms with van der Waals surface area (Å²) in [6, 6.07) is 7.73. The minimum Gasteiger partial charge on any atom is -0.489 e. The molecular weight excluding hydrogens is 328 g/mol. The Labute approximate surface area is 143 Å². The Balaban J connectivity index is 1.77. The number of nitrogens with zero attached hydrogens (tertiary/aromatic N) is 1. The second kappa shape index (κ2) is 5.83. The molecule has 0 bridgehead atoms. The van der Waals surface area contributed by atoms with Crippen LogP contribution in [0.4, 0.5) is 0 Å². The highest BCUT2D eigenvalue weighted by atomic mass is 35.5. The van der Waals surface area contributed by atoms with Gasteiger partial charge in [-0.05, 0) is 48.2 Å². The molecule has 1 aliphatic rings. The molecular formula is C18H15ClN2O3. The molecule has 2 aromatic carbocycles. The maximum absolute atomic E-state index is 12.2. The molecule has 6 heteroatoms. The third kappa shape index (κ3) is 2.51. The van der Waals surface area contributed by atoms with E-state index in [2.05, 4.69) is 10.3 Å². The van der Waals surface area contributed by atoms with Crippen LogP contribution >= 0.6 is 11.6 Å². The van der Waals surface area contributed by atoms with Crippen molar-refractivity contribution in [2.24, 2.45) is 0 Å². The van der Waals surface area contributed by atoms with Gasteiger partial charge in [0.2, 0.25) is 0 Å². The molecule has 4 rings (SSSR count). The fourth-order valence-corrected chi connectivity index (χ4v) is 3.19. The van der Waals surface area contributed by atoms with Crippen LogP contribution in [-0.2, 0) is 6.42 Å². The van der Waals surface area contributed by atoms with Crippen LogP contribution in [0.2, 0.25) is 5.02 Å². The first-order valence-electron chi connectivity index (χ1n) is 7.68. The van der Waals surface area contributed by atoms with Gasteiger partial charge >= 0.3 is 0 Å². The third-order valence-corrected chi connectivity index (χ3v) is 4.70. The lowest BCUT2D eigenvalue weighted by molar-refractivity contribution is 0.0957. The molecule has 1 aliphatic heterocycles. The van der Waals surface area contributed by atoms with Crippen LogP contribution in [0.1, 0.15) is 27.0 Å². The van der Waals surface area contributed by atoms with E-state index in [9.17, 15) is 4.79 Å². The molecule has 0 saturated carbocycles. The lowest BCUT2D eigenvalue weighted by Crippen LogP contribution is -2.24. The van der Waals surface area contributed by atoms with Crippen molar-refractivity contribution in [3.63, 3.8) is 0 Å². The fourth-order valence-electron chi connectivity index (χ4n) is 2.92. The summed E-state index contributed by atoms with van der Waals surface area (Å²) in [6.07, 6.45) is 2.08. The highest BCUT2D eigenvalue weighted by Crippen LogP contribution is 2.36. The van der Waals surface area contributed by atoms with Gasteiger partial charge in [-0.1, -0.05) is 17.7 Å². The minimum atomic E-state index is -0.155. The van der Waals surface area contributed by atoms with Gasteiger partial charge in [0.25, 0.3) is 5.91 Å². The van der Waals surface area contributed by atoms with Crippen LogP contribution in [0, 0.1) is 6.92 Å². The predicted octanol–water partition coefficient (Wildman–Crippen LogP) is 3.50. The maximum Gasteiger partial charge on any atom is 0.255 e. The Morgan fingerprint density at radius 2 is 2.21 bits per heavy atom. The number of fused-ring (bicyclic) bond motifs is 2. The first-order chi connectivity index (χ1) is 11.6. The van der Waals surface area contributed by atoms with Gasteiger partial charge in [0.15, 0.2) is 17.7 Å². The Hall–Kier alpha value is -2.53. The smallest absolute Gasteiger partial charge is 0.255 e. The van der Waals surface area contributed by atoms with Gasteiger partial charge in [-0.25, -0.2) is 4.98 Å².